The van der Waals surface area contributed by atoms with Gasteiger partial charge in [-0.15, -0.1) is 0 Å². The van der Waals surface area contributed by atoms with Crippen LogP contribution in [0.25, 0.3) is 0 Å². The molecule has 0 radical (unpaired) electrons. The third-order valence-corrected chi connectivity index (χ3v) is 7.85. The number of rotatable bonds is 5. The number of ether oxygens (including phenoxy) is 1. The zero-order chi connectivity index (χ0) is 20.1. The number of halogens is 1. The smallest absolute Gasteiger partial charge is 0.312 e. The minimum Gasteiger partial charge on any atom is -0.457 e. The summed E-state index contributed by atoms with van der Waals surface area (Å²) in [7, 11) is 0. The van der Waals surface area contributed by atoms with Gasteiger partial charge in [-0.05, 0) is 73.5 Å². The zero-order valence-electron chi connectivity index (χ0n) is 16.4. The molecular formula is C25H25BrO3. The molecule has 2 unspecified atom stereocenters. The van der Waals surface area contributed by atoms with Crippen molar-refractivity contribution in [3.8, 4) is 0 Å². The molecule has 4 heteroatoms. The number of hydrogen-bond acceptors (Lipinski definition) is 3. The molecule has 6 rings (SSSR count). The number of Topliss-reactive ketones (excluding diaryl/α,β-unsaturated/α-hetero) is 1. The Morgan fingerprint density at radius 2 is 1.69 bits per heavy atom. The molecule has 0 spiro atoms. The Hall–Kier alpha value is -1.94. The summed E-state index contributed by atoms with van der Waals surface area (Å²) in [4.78, 5) is 25.8. The van der Waals surface area contributed by atoms with E-state index in [2.05, 4.69) is 46.3 Å². The van der Waals surface area contributed by atoms with Gasteiger partial charge >= 0.3 is 5.97 Å². The SMILES string of the molecule is O=C(COC(=O)C12C[C@H]3C[C@@H](C1)CC(c1ccccc1)(C3)C2)c1cccc(Br)c1. The predicted molar refractivity (Wildman–Crippen MR) is 115 cm³/mol. The van der Waals surface area contributed by atoms with Gasteiger partial charge in [0.1, 0.15) is 0 Å². The van der Waals surface area contributed by atoms with Gasteiger partial charge in [0.2, 0.25) is 0 Å². The monoisotopic (exact) mass is 452 g/mol. The highest BCUT2D eigenvalue weighted by Crippen LogP contribution is 2.66. The molecule has 0 heterocycles. The summed E-state index contributed by atoms with van der Waals surface area (Å²) in [5, 5.41) is 0. The van der Waals surface area contributed by atoms with Crippen LogP contribution in [0.4, 0.5) is 0 Å². The average molecular weight is 453 g/mol. The Bertz CT molecular complexity index is 938. The molecular weight excluding hydrogens is 428 g/mol. The molecule has 4 aliphatic rings. The lowest BCUT2D eigenvalue weighted by molar-refractivity contribution is -0.172. The van der Waals surface area contributed by atoms with Gasteiger partial charge in [0.25, 0.3) is 0 Å². The minimum atomic E-state index is -0.419. The van der Waals surface area contributed by atoms with Crippen LogP contribution in [0, 0.1) is 17.3 Å². The van der Waals surface area contributed by atoms with Crippen molar-refractivity contribution in [3.63, 3.8) is 0 Å². The fourth-order valence-corrected chi connectivity index (χ4v) is 7.06. The van der Waals surface area contributed by atoms with Gasteiger partial charge in [-0.1, -0.05) is 58.4 Å². The van der Waals surface area contributed by atoms with E-state index in [-0.39, 0.29) is 23.8 Å². The van der Waals surface area contributed by atoms with Gasteiger partial charge < -0.3 is 4.74 Å². The molecule has 2 aromatic carbocycles. The van der Waals surface area contributed by atoms with Gasteiger partial charge in [0.05, 0.1) is 5.41 Å². The minimum absolute atomic E-state index is 0.0959. The molecule has 4 saturated carbocycles. The summed E-state index contributed by atoms with van der Waals surface area (Å²) < 4.78 is 6.51. The number of hydrogen-bond donors (Lipinski definition) is 0. The topological polar surface area (TPSA) is 43.4 Å². The lowest BCUT2D eigenvalue weighted by atomic mass is 9.43. The molecule has 0 saturated heterocycles. The van der Waals surface area contributed by atoms with Crippen molar-refractivity contribution in [2.24, 2.45) is 17.3 Å². The first-order chi connectivity index (χ1) is 14.0. The van der Waals surface area contributed by atoms with Gasteiger partial charge in [-0.3, -0.25) is 9.59 Å². The first-order valence-corrected chi connectivity index (χ1v) is 11.3. The largest absolute Gasteiger partial charge is 0.457 e. The van der Waals surface area contributed by atoms with Crippen LogP contribution in [0.5, 0.6) is 0 Å². The summed E-state index contributed by atoms with van der Waals surface area (Å²) in [5.41, 5.74) is 1.62. The predicted octanol–water partition coefficient (Wildman–Crippen LogP) is 5.71. The van der Waals surface area contributed by atoms with Crippen LogP contribution < -0.4 is 0 Å². The van der Waals surface area contributed by atoms with E-state index >= 15 is 0 Å². The van der Waals surface area contributed by atoms with Crippen LogP contribution in [0.2, 0.25) is 0 Å². The molecule has 3 nitrogen and oxygen atoms in total. The quantitative estimate of drug-likeness (QED) is 0.430. The normalized spacial score (nSPS) is 32.2. The molecule has 0 aliphatic heterocycles. The highest BCUT2D eigenvalue weighted by Gasteiger charge is 2.61. The van der Waals surface area contributed by atoms with Crippen LogP contribution in [0.3, 0.4) is 0 Å². The Morgan fingerprint density at radius 3 is 2.38 bits per heavy atom. The molecule has 4 aliphatic carbocycles. The molecule has 4 atom stereocenters. The van der Waals surface area contributed by atoms with Gasteiger partial charge in [0.15, 0.2) is 12.4 Å². The summed E-state index contributed by atoms with van der Waals surface area (Å²) in [6.45, 7) is -0.176. The average Bonchev–Trinajstić information content (AvgIpc) is 2.71. The summed E-state index contributed by atoms with van der Waals surface area (Å²) in [5.74, 6) is 0.868. The van der Waals surface area contributed by atoms with E-state index < -0.39 is 5.41 Å². The van der Waals surface area contributed by atoms with Crippen LogP contribution in [-0.4, -0.2) is 18.4 Å². The molecule has 4 bridgehead atoms. The van der Waals surface area contributed by atoms with E-state index in [1.54, 1.807) is 12.1 Å². The van der Waals surface area contributed by atoms with Crippen molar-refractivity contribution in [1.82, 2.24) is 0 Å². The van der Waals surface area contributed by atoms with E-state index in [0.29, 0.717) is 17.4 Å². The summed E-state index contributed by atoms with van der Waals surface area (Å²) in [6.07, 6.45) is 6.30. The maximum absolute atomic E-state index is 13.3. The first-order valence-electron chi connectivity index (χ1n) is 10.5. The lowest BCUT2D eigenvalue weighted by Gasteiger charge is -2.61. The maximum atomic E-state index is 13.3. The second kappa shape index (κ2) is 7.09. The number of carbonyl (C=O) groups excluding carboxylic acids is 2. The van der Waals surface area contributed by atoms with E-state index in [1.165, 1.54) is 24.8 Å². The Morgan fingerprint density at radius 1 is 0.966 bits per heavy atom. The second-order valence-corrected chi connectivity index (χ2v) is 10.3. The third-order valence-electron chi connectivity index (χ3n) is 7.36. The van der Waals surface area contributed by atoms with E-state index in [4.69, 9.17) is 4.74 Å². The number of carbonyl (C=O) groups is 2. The van der Waals surface area contributed by atoms with Gasteiger partial charge in [0, 0.05) is 10.0 Å². The van der Waals surface area contributed by atoms with Crippen LogP contribution in [0.15, 0.2) is 59.1 Å². The van der Waals surface area contributed by atoms with Crippen molar-refractivity contribution < 1.29 is 14.3 Å². The third kappa shape index (κ3) is 3.35. The van der Waals surface area contributed by atoms with Crippen molar-refractivity contribution in [1.29, 1.82) is 0 Å². The van der Waals surface area contributed by atoms with Crippen LogP contribution in [-0.2, 0) is 14.9 Å². The van der Waals surface area contributed by atoms with Crippen LogP contribution >= 0.6 is 15.9 Å². The fourth-order valence-electron chi connectivity index (χ4n) is 6.66. The van der Waals surface area contributed by atoms with Crippen molar-refractivity contribution in [2.45, 2.75) is 43.9 Å². The van der Waals surface area contributed by atoms with E-state index in [1.807, 2.05) is 12.1 Å². The molecule has 0 N–H and O–H groups in total. The van der Waals surface area contributed by atoms with Crippen molar-refractivity contribution in [3.05, 3.63) is 70.2 Å². The standard InChI is InChI=1S/C25H25BrO3/c26-21-8-4-5-19(10-21)22(27)15-29-23(28)25-13-17-9-18(14-25)12-24(11-17,16-25)20-6-2-1-3-7-20/h1-8,10,17-18H,9,11-16H2/t17-,18+,24?,25?. The zero-order valence-corrected chi connectivity index (χ0v) is 18.0. The molecule has 150 valence electrons. The number of esters is 1. The van der Waals surface area contributed by atoms with E-state index in [0.717, 1.165) is 23.7 Å². The van der Waals surface area contributed by atoms with Crippen LogP contribution in [0.1, 0.15) is 54.4 Å². The highest BCUT2D eigenvalue weighted by molar-refractivity contribution is 9.10. The Labute approximate surface area is 180 Å². The lowest BCUT2D eigenvalue weighted by Crippen LogP contribution is -2.57. The molecule has 2 aromatic rings. The van der Waals surface area contributed by atoms with Crippen molar-refractivity contribution >= 4 is 27.7 Å². The summed E-state index contributed by atoms with van der Waals surface area (Å²) >= 11 is 3.39. The number of benzene rings is 2. The Balaban J connectivity index is 1.35. The Kier molecular flexibility index (Phi) is 4.65. The van der Waals surface area contributed by atoms with Crippen molar-refractivity contribution in [2.75, 3.05) is 6.61 Å². The first kappa shape index (κ1) is 19.0. The van der Waals surface area contributed by atoms with E-state index in [9.17, 15) is 9.59 Å². The maximum Gasteiger partial charge on any atom is 0.312 e. The van der Waals surface area contributed by atoms with Gasteiger partial charge in [-0.2, -0.15) is 0 Å². The molecule has 29 heavy (non-hydrogen) atoms. The second-order valence-electron chi connectivity index (χ2n) is 9.40. The summed E-state index contributed by atoms with van der Waals surface area (Å²) in [6, 6.07) is 17.9. The van der Waals surface area contributed by atoms with Gasteiger partial charge in [-0.25, -0.2) is 0 Å². The number of ketones is 1. The molecule has 0 aromatic heterocycles. The molecule has 0 amide bonds. The fraction of sp³-hybridized carbons (Fsp3) is 0.440. The molecule has 4 fully saturated rings. The highest BCUT2D eigenvalue weighted by atomic mass is 79.9.